The first-order valence-electron chi connectivity index (χ1n) is 7.68. The van der Waals surface area contributed by atoms with Crippen molar-refractivity contribution in [2.24, 2.45) is 5.92 Å². The second-order valence-corrected chi connectivity index (χ2v) is 5.97. The summed E-state index contributed by atoms with van der Waals surface area (Å²) in [5, 5.41) is 8.99. The van der Waals surface area contributed by atoms with E-state index < -0.39 is 5.97 Å². The van der Waals surface area contributed by atoms with Crippen LogP contribution in [-0.4, -0.2) is 39.5 Å². The summed E-state index contributed by atoms with van der Waals surface area (Å²) in [4.78, 5) is 29.6. The van der Waals surface area contributed by atoms with Crippen LogP contribution in [0.4, 0.5) is 0 Å². The fourth-order valence-corrected chi connectivity index (χ4v) is 3.70. The minimum Gasteiger partial charge on any atom is -0.477 e. The monoisotopic (exact) mass is 288 g/mol. The van der Waals surface area contributed by atoms with Crippen LogP contribution in [0.5, 0.6) is 0 Å². The van der Waals surface area contributed by atoms with E-state index in [0.717, 1.165) is 19.4 Å². The normalized spacial score (nSPS) is 22.7. The van der Waals surface area contributed by atoms with Crippen molar-refractivity contribution in [2.45, 2.75) is 44.6 Å². The van der Waals surface area contributed by atoms with Gasteiger partial charge in [-0.15, -0.1) is 0 Å². The van der Waals surface area contributed by atoms with Crippen LogP contribution < -0.4 is 0 Å². The number of carboxylic acid groups (broad SMARTS) is 1. The Labute approximate surface area is 124 Å². The number of pyridine rings is 1. The Morgan fingerprint density at radius 3 is 2.52 bits per heavy atom. The fraction of sp³-hybridized carbons (Fsp3) is 0.562. The van der Waals surface area contributed by atoms with E-state index in [-0.39, 0.29) is 17.3 Å². The van der Waals surface area contributed by atoms with Crippen molar-refractivity contribution in [3.05, 3.63) is 29.6 Å². The standard InChI is InChI=1S/C16H20N2O3/c19-15(12-7-3-8-13(17-12)16(20)21)18-10-4-9-14(18)11-5-1-2-6-11/h3,7-8,11,14H,1-2,4-6,9-10H2,(H,20,21). The maximum atomic E-state index is 12.7. The Kier molecular flexibility index (Phi) is 3.90. The number of hydrogen-bond donors (Lipinski definition) is 1. The Morgan fingerprint density at radius 1 is 1.10 bits per heavy atom. The Morgan fingerprint density at radius 2 is 1.81 bits per heavy atom. The van der Waals surface area contributed by atoms with E-state index in [0.29, 0.717) is 12.0 Å². The predicted molar refractivity (Wildman–Crippen MR) is 77.2 cm³/mol. The lowest BCUT2D eigenvalue weighted by atomic mass is 9.96. The van der Waals surface area contributed by atoms with E-state index in [9.17, 15) is 9.59 Å². The number of likely N-dealkylation sites (tertiary alicyclic amines) is 1. The van der Waals surface area contributed by atoms with Crippen LogP contribution in [0.2, 0.25) is 0 Å². The van der Waals surface area contributed by atoms with Gasteiger partial charge in [-0.1, -0.05) is 18.9 Å². The molecular formula is C16H20N2O3. The van der Waals surface area contributed by atoms with Crippen LogP contribution in [0, 0.1) is 5.92 Å². The number of carbonyl (C=O) groups is 2. The number of rotatable bonds is 3. The van der Waals surface area contributed by atoms with E-state index in [1.165, 1.54) is 31.7 Å². The molecule has 5 heteroatoms. The zero-order valence-corrected chi connectivity index (χ0v) is 12.0. The first-order chi connectivity index (χ1) is 10.2. The van der Waals surface area contributed by atoms with E-state index >= 15 is 0 Å². The van der Waals surface area contributed by atoms with Crippen molar-refractivity contribution in [1.82, 2.24) is 9.88 Å². The van der Waals surface area contributed by atoms with Crippen LogP contribution in [0.1, 0.15) is 59.5 Å². The van der Waals surface area contributed by atoms with Crippen molar-refractivity contribution in [3.63, 3.8) is 0 Å². The van der Waals surface area contributed by atoms with E-state index in [1.54, 1.807) is 12.1 Å². The van der Waals surface area contributed by atoms with Gasteiger partial charge in [0.05, 0.1) is 0 Å². The molecule has 0 spiro atoms. The zero-order valence-electron chi connectivity index (χ0n) is 12.0. The molecule has 0 aromatic carbocycles. The highest BCUT2D eigenvalue weighted by Gasteiger charge is 2.36. The summed E-state index contributed by atoms with van der Waals surface area (Å²) in [5.41, 5.74) is 0.178. The quantitative estimate of drug-likeness (QED) is 0.928. The van der Waals surface area contributed by atoms with Crippen LogP contribution in [-0.2, 0) is 0 Å². The average Bonchev–Trinajstić information content (AvgIpc) is 3.17. The third-order valence-electron chi connectivity index (χ3n) is 4.69. The number of amides is 1. The molecule has 1 aromatic heterocycles. The van der Waals surface area contributed by atoms with E-state index in [4.69, 9.17) is 5.11 Å². The minimum absolute atomic E-state index is 0.0718. The summed E-state index contributed by atoms with van der Waals surface area (Å²) in [6, 6.07) is 4.93. The fourth-order valence-electron chi connectivity index (χ4n) is 3.70. The molecule has 2 fully saturated rings. The average molecular weight is 288 g/mol. The predicted octanol–water partition coefficient (Wildman–Crippen LogP) is 2.57. The number of hydrogen-bond acceptors (Lipinski definition) is 3. The molecule has 1 aliphatic heterocycles. The van der Waals surface area contributed by atoms with Gasteiger partial charge in [0.15, 0.2) is 0 Å². The number of carboxylic acids is 1. The molecule has 112 valence electrons. The molecule has 1 unspecified atom stereocenters. The molecule has 1 saturated heterocycles. The summed E-state index contributed by atoms with van der Waals surface area (Å²) < 4.78 is 0. The first kappa shape index (κ1) is 14.0. The molecule has 1 aromatic rings. The molecule has 0 radical (unpaired) electrons. The van der Waals surface area contributed by atoms with Gasteiger partial charge in [-0.05, 0) is 43.7 Å². The van der Waals surface area contributed by atoms with Crippen molar-refractivity contribution in [3.8, 4) is 0 Å². The van der Waals surface area contributed by atoms with Gasteiger partial charge in [-0.3, -0.25) is 4.79 Å². The van der Waals surface area contributed by atoms with Crippen LogP contribution >= 0.6 is 0 Å². The highest BCUT2D eigenvalue weighted by Crippen LogP contribution is 2.35. The lowest BCUT2D eigenvalue weighted by Gasteiger charge is -2.29. The van der Waals surface area contributed by atoms with Gasteiger partial charge in [0.2, 0.25) is 0 Å². The first-order valence-corrected chi connectivity index (χ1v) is 7.68. The van der Waals surface area contributed by atoms with Gasteiger partial charge in [-0.2, -0.15) is 0 Å². The second-order valence-electron chi connectivity index (χ2n) is 5.97. The summed E-state index contributed by atoms with van der Waals surface area (Å²) in [6.07, 6.45) is 7.03. The van der Waals surface area contributed by atoms with Crippen molar-refractivity contribution < 1.29 is 14.7 Å². The molecule has 3 rings (SSSR count). The summed E-state index contributed by atoms with van der Waals surface area (Å²) in [5.74, 6) is -0.606. The molecule has 1 N–H and O–H groups in total. The molecule has 5 nitrogen and oxygen atoms in total. The maximum Gasteiger partial charge on any atom is 0.354 e. The van der Waals surface area contributed by atoms with Gasteiger partial charge in [0, 0.05) is 12.6 Å². The summed E-state index contributed by atoms with van der Waals surface area (Å²) >= 11 is 0. The van der Waals surface area contributed by atoms with Gasteiger partial charge in [-0.25, -0.2) is 9.78 Å². The molecule has 0 bridgehead atoms. The summed E-state index contributed by atoms with van der Waals surface area (Å²) in [7, 11) is 0. The minimum atomic E-state index is -1.10. The SMILES string of the molecule is O=C(O)c1cccc(C(=O)N2CCCC2C2CCCC2)n1. The Bertz CT molecular complexity index is 552. The zero-order chi connectivity index (χ0) is 14.8. The van der Waals surface area contributed by atoms with Crippen LogP contribution in [0.25, 0.3) is 0 Å². The van der Waals surface area contributed by atoms with Gasteiger partial charge in [0.25, 0.3) is 5.91 Å². The lowest BCUT2D eigenvalue weighted by molar-refractivity contribution is 0.0679. The smallest absolute Gasteiger partial charge is 0.354 e. The van der Waals surface area contributed by atoms with Crippen molar-refractivity contribution >= 4 is 11.9 Å². The van der Waals surface area contributed by atoms with Gasteiger partial charge in [0.1, 0.15) is 11.4 Å². The van der Waals surface area contributed by atoms with Crippen molar-refractivity contribution in [2.75, 3.05) is 6.54 Å². The molecular weight excluding hydrogens is 268 g/mol. The Hall–Kier alpha value is -1.91. The highest BCUT2D eigenvalue weighted by molar-refractivity contribution is 5.94. The maximum absolute atomic E-state index is 12.7. The van der Waals surface area contributed by atoms with Crippen LogP contribution in [0.15, 0.2) is 18.2 Å². The third kappa shape index (κ3) is 2.77. The molecule has 1 aliphatic carbocycles. The molecule has 2 aliphatic rings. The third-order valence-corrected chi connectivity index (χ3v) is 4.69. The highest BCUT2D eigenvalue weighted by atomic mass is 16.4. The number of aromatic carboxylic acids is 1. The number of aromatic nitrogens is 1. The van der Waals surface area contributed by atoms with Gasteiger partial charge < -0.3 is 10.0 Å². The molecule has 1 saturated carbocycles. The van der Waals surface area contributed by atoms with E-state index in [2.05, 4.69) is 4.98 Å². The molecule has 1 amide bonds. The number of carbonyl (C=O) groups excluding carboxylic acids is 1. The van der Waals surface area contributed by atoms with E-state index in [1.807, 2.05) is 4.90 Å². The lowest BCUT2D eigenvalue weighted by Crippen LogP contribution is -2.39. The topological polar surface area (TPSA) is 70.5 Å². The van der Waals surface area contributed by atoms with Crippen LogP contribution in [0.3, 0.4) is 0 Å². The molecule has 2 heterocycles. The summed E-state index contributed by atoms with van der Waals surface area (Å²) in [6.45, 7) is 0.763. The largest absolute Gasteiger partial charge is 0.477 e. The van der Waals surface area contributed by atoms with Gasteiger partial charge >= 0.3 is 5.97 Å². The van der Waals surface area contributed by atoms with Crippen molar-refractivity contribution in [1.29, 1.82) is 0 Å². The number of nitrogens with zero attached hydrogens (tertiary/aromatic N) is 2. The molecule has 1 atom stereocenters. The Balaban J connectivity index is 1.80. The molecule has 21 heavy (non-hydrogen) atoms. The second kappa shape index (κ2) is 5.84.